The summed E-state index contributed by atoms with van der Waals surface area (Å²) >= 11 is 0. The minimum Gasteiger partial charge on any atom is -0.493 e. The molecule has 156 valence electrons. The third-order valence-corrected chi connectivity index (χ3v) is 4.69. The summed E-state index contributed by atoms with van der Waals surface area (Å²) in [5, 5.41) is 5.35. The number of rotatable bonds is 2. The second kappa shape index (κ2) is 7.74. The fraction of sp³-hybridized carbons (Fsp3) is 0.238. The van der Waals surface area contributed by atoms with Gasteiger partial charge in [-0.2, -0.15) is 13.2 Å². The summed E-state index contributed by atoms with van der Waals surface area (Å²) in [6.45, 7) is 0.195. The van der Waals surface area contributed by atoms with Crippen molar-refractivity contribution in [2.45, 2.75) is 19.0 Å². The maximum Gasteiger partial charge on any atom is 0.416 e. The molecule has 2 aromatic carbocycles. The molecule has 0 fully saturated rings. The zero-order valence-electron chi connectivity index (χ0n) is 15.6. The molecule has 0 saturated heterocycles. The van der Waals surface area contributed by atoms with E-state index in [2.05, 4.69) is 10.6 Å². The molecular formula is C21H17F3N2O4. The van der Waals surface area contributed by atoms with E-state index in [9.17, 15) is 22.8 Å². The molecule has 2 aliphatic rings. The molecule has 0 spiro atoms. The highest BCUT2D eigenvalue weighted by molar-refractivity contribution is 6.05. The minimum atomic E-state index is -4.47. The Hall–Kier alpha value is -3.49. The number of nitrogens with one attached hydrogen (secondary N) is 2. The average molecular weight is 418 g/mol. The summed E-state index contributed by atoms with van der Waals surface area (Å²) in [7, 11) is 0. The molecule has 6 nitrogen and oxygen atoms in total. The Bertz CT molecular complexity index is 1050. The van der Waals surface area contributed by atoms with Crippen LogP contribution < -0.4 is 20.1 Å². The SMILES string of the molecule is O=C(C=C1CCCOc2cc(C(F)(F)F)ccc21)Nc1ccc2c(c1)NC(=O)CO2. The summed E-state index contributed by atoms with van der Waals surface area (Å²) in [6, 6.07) is 8.10. The monoisotopic (exact) mass is 418 g/mol. The second-order valence-corrected chi connectivity index (χ2v) is 6.87. The lowest BCUT2D eigenvalue weighted by Crippen LogP contribution is -2.25. The van der Waals surface area contributed by atoms with Gasteiger partial charge in [0.1, 0.15) is 11.5 Å². The van der Waals surface area contributed by atoms with Gasteiger partial charge in [-0.25, -0.2) is 0 Å². The zero-order chi connectivity index (χ0) is 21.3. The van der Waals surface area contributed by atoms with Gasteiger partial charge in [0.2, 0.25) is 5.91 Å². The van der Waals surface area contributed by atoms with Gasteiger partial charge in [0.15, 0.2) is 6.61 Å². The van der Waals surface area contributed by atoms with Crippen LogP contribution in [0.2, 0.25) is 0 Å². The van der Waals surface area contributed by atoms with Gasteiger partial charge in [0, 0.05) is 17.3 Å². The van der Waals surface area contributed by atoms with Crippen molar-refractivity contribution >= 4 is 28.8 Å². The number of allylic oxidation sites excluding steroid dienone is 1. The molecule has 0 radical (unpaired) electrons. The van der Waals surface area contributed by atoms with Crippen LogP contribution in [0.3, 0.4) is 0 Å². The number of benzene rings is 2. The lowest BCUT2D eigenvalue weighted by Gasteiger charge is -2.18. The van der Waals surface area contributed by atoms with E-state index in [-0.39, 0.29) is 24.9 Å². The molecule has 2 heterocycles. The number of carbonyl (C=O) groups excluding carboxylic acids is 2. The third-order valence-electron chi connectivity index (χ3n) is 4.69. The second-order valence-electron chi connectivity index (χ2n) is 6.87. The number of anilines is 2. The minimum absolute atomic E-state index is 0.0671. The normalized spacial score (nSPS) is 17.0. The van der Waals surface area contributed by atoms with Crippen LogP contribution >= 0.6 is 0 Å². The van der Waals surface area contributed by atoms with Crippen LogP contribution in [0.4, 0.5) is 24.5 Å². The Morgan fingerprint density at radius 3 is 2.73 bits per heavy atom. The highest BCUT2D eigenvalue weighted by atomic mass is 19.4. The third kappa shape index (κ3) is 4.24. The smallest absolute Gasteiger partial charge is 0.416 e. The quantitative estimate of drug-likeness (QED) is 0.716. The predicted molar refractivity (Wildman–Crippen MR) is 103 cm³/mol. The lowest BCUT2D eigenvalue weighted by molar-refractivity contribution is -0.137. The van der Waals surface area contributed by atoms with Crippen LogP contribution in [0, 0.1) is 0 Å². The molecule has 0 bridgehead atoms. The molecule has 2 aliphatic heterocycles. The average Bonchev–Trinajstić information content (AvgIpc) is 2.88. The van der Waals surface area contributed by atoms with E-state index in [1.165, 1.54) is 12.1 Å². The number of hydrogen-bond acceptors (Lipinski definition) is 4. The largest absolute Gasteiger partial charge is 0.493 e. The Morgan fingerprint density at radius 2 is 1.93 bits per heavy atom. The summed E-state index contributed by atoms with van der Waals surface area (Å²) in [5.74, 6) is -0.126. The van der Waals surface area contributed by atoms with E-state index in [1.54, 1.807) is 18.2 Å². The number of hydrogen-bond donors (Lipinski definition) is 2. The zero-order valence-corrected chi connectivity index (χ0v) is 15.6. The van der Waals surface area contributed by atoms with Crippen molar-refractivity contribution in [2.75, 3.05) is 23.8 Å². The highest BCUT2D eigenvalue weighted by Crippen LogP contribution is 2.38. The van der Waals surface area contributed by atoms with Crippen LogP contribution in [0.1, 0.15) is 24.0 Å². The van der Waals surface area contributed by atoms with Gasteiger partial charge in [-0.15, -0.1) is 0 Å². The standard InChI is InChI=1S/C21H17F3N2O4/c22-21(23,24)13-3-5-15-12(2-1-7-29-18(15)9-13)8-19(27)25-14-4-6-17-16(10-14)26-20(28)11-30-17/h3-6,8-10H,1-2,7,11H2,(H,25,27)(H,26,28). The van der Waals surface area contributed by atoms with E-state index in [4.69, 9.17) is 9.47 Å². The maximum atomic E-state index is 13.0. The molecular weight excluding hydrogens is 401 g/mol. The van der Waals surface area contributed by atoms with Gasteiger partial charge in [0.05, 0.1) is 17.9 Å². The number of amides is 2. The Morgan fingerprint density at radius 1 is 1.10 bits per heavy atom. The summed E-state index contributed by atoms with van der Waals surface area (Å²) in [6.07, 6.45) is -2.07. The number of halogens is 3. The first-order valence-corrected chi connectivity index (χ1v) is 9.22. The molecule has 4 rings (SSSR count). The first-order chi connectivity index (χ1) is 14.3. The van der Waals surface area contributed by atoms with Crippen molar-refractivity contribution < 1.29 is 32.2 Å². The first-order valence-electron chi connectivity index (χ1n) is 9.22. The molecule has 0 aliphatic carbocycles. The topological polar surface area (TPSA) is 76.7 Å². The van der Waals surface area contributed by atoms with Crippen molar-refractivity contribution in [3.8, 4) is 11.5 Å². The van der Waals surface area contributed by atoms with Gasteiger partial charge < -0.3 is 20.1 Å². The number of alkyl halides is 3. The van der Waals surface area contributed by atoms with Gasteiger partial charge in [-0.1, -0.05) is 6.07 Å². The molecule has 2 amide bonds. The van der Waals surface area contributed by atoms with Gasteiger partial charge in [-0.3, -0.25) is 9.59 Å². The fourth-order valence-corrected chi connectivity index (χ4v) is 3.31. The summed E-state index contributed by atoms with van der Waals surface area (Å²) < 4.78 is 49.7. The summed E-state index contributed by atoms with van der Waals surface area (Å²) in [4.78, 5) is 24.0. The highest BCUT2D eigenvalue weighted by Gasteiger charge is 2.32. The van der Waals surface area contributed by atoms with E-state index in [0.29, 0.717) is 41.1 Å². The van der Waals surface area contributed by atoms with Gasteiger partial charge in [-0.05, 0) is 48.7 Å². The molecule has 0 saturated carbocycles. The summed E-state index contributed by atoms with van der Waals surface area (Å²) in [5.41, 5.74) is 1.14. The molecule has 30 heavy (non-hydrogen) atoms. The van der Waals surface area contributed by atoms with E-state index in [0.717, 1.165) is 12.1 Å². The Labute approximate surface area is 169 Å². The molecule has 2 aromatic rings. The van der Waals surface area contributed by atoms with Crippen LogP contribution in [0.25, 0.3) is 5.57 Å². The van der Waals surface area contributed by atoms with Crippen molar-refractivity contribution in [2.24, 2.45) is 0 Å². The van der Waals surface area contributed by atoms with Crippen LogP contribution in [-0.4, -0.2) is 25.0 Å². The van der Waals surface area contributed by atoms with E-state index >= 15 is 0 Å². The van der Waals surface area contributed by atoms with Crippen molar-refractivity contribution in [1.82, 2.24) is 0 Å². The number of carbonyl (C=O) groups is 2. The number of fused-ring (bicyclic) bond motifs is 2. The Balaban J connectivity index is 1.57. The fourth-order valence-electron chi connectivity index (χ4n) is 3.31. The van der Waals surface area contributed by atoms with Gasteiger partial charge >= 0.3 is 6.18 Å². The predicted octanol–water partition coefficient (Wildman–Crippen LogP) is 4.23. The van der Waals surface area contributed by atoms with Crippen LogP contribution in [0.5, 0.6) is 11.5 Å². The number of ether oxygens (including phenoxy) is 2. The first kappa shape index (κ1) is 19.8. The lowest BCUT2D eigenvalue weighted by atomic mass is 9.99. The molecule has 0 atom stereocenters. The Kier molecular flexibility index (Phi) is 5.11. The van der Waals surface area contributed by atoms with Gasteiger partial charge in [0.25, 0.3) is 5.91 Å². The van der Waals surface area contributed by atoms with Crippen molar-refractivity contribution in [3.05, 3.63) is 53.6 Å². The molecule has 2 N–H and O–H groups in total. The van der Waals surface area contributed by atoms with Crippen molar-refractivity contribution in [1.29, 1.82) is 0 Å². The van der Waals surface area contributed by atoms with Crippen LogP contribution in [0.15, 0.2) is 42.5 Å². The van der Waals surface area contributed by atoms with E-state index < -0.39 is 17.6 Å². The molecule has 0 unspecified atom stereocenters. The maximum absolute atomic E-state index is 13.0. The molecule has 9 heteroatoms. The molecule has 0 aromatic heterocycles. The van der Waals surface area contributed by atoms with Crippen molar-refractivity contribution in [3.63, 3.8) is 0 Å². The van der Waals surface area contributed by atoms with Crippen LogP contribution in [-0.2, 0) is 15.8 Å². The van der Waals surface area contributed by atoms with E-state index in [1.807, 2.05) is 0 Å².